The molecule has 1 aliphatic heterocycles. The molecule has 0 radical (unpaired) electrons. The predicted octanol–water partition coefficient (Wildman–Crippen LogP) is 2.86. The summed E-state index contributed by atoms with van der Waals surface area (Å²) in [6.45, 7) is 2.27. The molecule has 96 valence electrons. The van der Waals surface area contributed by atoms with Gasteiger partial charge in [-0.2, -0.15) is 0 Å². The minimum Gasteiger partial charge on any atom is -0.305 e. The van der Waals surface area contributed by atoms with Crippen molar-refractivity contribution in [1.82, 2.24) is 4.90 Å². The Labute approximate surface area is 113 Å². The molecule has 2 atom stereocenters. The van der Waals surface area contributed by atoms with Gasteiger partial charge in [0.05, 0.1) is 0 Å². The molecule has 2 aromatic rings. The van der Waals surface area contributed by atoms with Crippen LogP contribution in [-0.2, 0) is 5.41 Å². The highest BCUT2D eigenvalue weighted by atomic mass is 16.1. The third-order valence-electron chi connectivity index (χ3n) is 4.94. The predicted molar refractivity (Wildman–Crippen MR) is 76.6 cm³/mol. The van der Waals surface area contributed by atoms with Gasteiger partial charge in [0.2, 0.25) is 0 Å². The number of hydrogen-bond acceptors (Lipinski definition) is 2. The Morgan fingerprint density at radius 2 is 2.11 bits per heavy atom. The van der Waals surface area contributed by atoms with Crippen LogP contribution in [0, 0.1) is 5.92 Å². The number of likely N-dealkylation sites (N-methyl/N-ethyl adjacent to an activating group) is 1. The number of carbonyl (C=O) groups excluding carboxylic acids is 1. The van der Waals surface area contributed by atoms with Crippen LogP contribution in [-0.4, -0.2) is 31.3 Å². The van der Waals surface area contributed by atoms with E-state index in [1.807, 2.05) is 12.1 Å². The molecular weight excluding hydrogens is 234 g/mol. The van der Waals surface area contributed by atoms with Gasteiger partial charge in [-0.05, 0) is 35.7 Å². The van der Waals surface area contributed by atoms with Crippen LogP contribution in [0.25, 0.3) is 10.8 Å². The molecule has 2 fully saturated rings. The maximum Gasteiger partial charge on any atom is 0.150 e. The van der Waals surface area contributed by atoms with Crippen molar-refractivity contribution in [3.05, 3.63) is 47.5 Å². The Hall–Kier alpha value is -1.67. The van der Waals surface area contributed by atoms with E-state index in [0.29, 0.717) is 0 Å². The van der Waals surface area contributed by atoms with Crippen molar-refractivity contribution in [2.75, 3.05) is 20.1 Å². The summed E-state index contributed by atoms with van der Waals surface area (Å²) < 4.78 is 0. The molecule has 2 aliphatic rings. The molecule has 1 saturated heterocycles. The van der Waals surface area contributed by atoms with Crippen molar-refractivity contribution >= 4 is 17.1 Å². The van der Waals surface area contributed by atoms with Crippen LogP contribution >= 0.6 is 0 Å². The molecule has 1 aliphatic carbocycles. The number of nitrogens with zero attached hydrogens (tertiary/aromatic N) is 1. The van der Waals surface area contributed by atoms with Crippen molar-refractivity contribution in [2.45, 2.75) is 11.8 Å². The van der Waals surface area contributed by atoms with Gasteiger partial charge in [-0.3, -0.25) is 4.79 Å². The van der Waals surface area contributed by atoms with E-state index in [-0.39, 0.29) is 5.41 Å². The minimum atomic E-state index is 0.259. The van der Waals surface area contributed by atoms with Crippen LogP contribution in [0.1, 0.15) is 22.3 Å². The normalized spacial score (nSPS) is 29.4. The van der Waals surface area contributed by atoms with E-state index in [2.05, 4.69) is 36.2 Å². The Balaban J connectivity index is 1.94. The average Bonchev–Trinajstić information content (AvgIpc) is 3.00. The molecule has 0 bridgehead atoms. The van der Waals surface area contributed by atoms with E-state index in [1.165, 1.54) is 18.5 Å². The molecule has 2 heteroatoms. The second-order valence-corrected chi connectivity index (χ2v) is 6.12. The Morgan fingerprint density at radius 1 is 1.26 bits per heavy atom. The maximum atomic E-state index is 11.6. The number of benzene rings is 2. The van der Waals surface area contributed by atoms with Gasteiger partial charge < -0.3 is 4.90 Å². The van der Waals surface area contributed by atoms with Crippen LogP contribution in [0.5, 0.6) is 0 Å². The summed E-state index contributed by atoms with van der Waals surface area (Å²) in [6, 6.07) is 12.5. The SMILES string of the molecule is CN1CC2CC2(c2ccc3ccccc3c2C=O)C1. The van der Waals surface area contributed by atoms with Crippen LogP contribution in [0.15, 0.2) is 36.4 Å². The zero-order valence-electron chi connectivity index (χ0n) is 11.1. The topological polar surface area (TPSA) is 20.3 Å². The van der Waals surface area contributed by atoms with Gasteiger partial charge in [-0.15, -0.1) is 0 Å². The number of rotatable bonds is 2. The fourth-order valence-electron chi connectivity index (χ4n) is 4.01. The van der Waals surface area contributed by atoms with Crippen molar-refractivity contribution < 1.29 is 4.79 Å². The zero-order valence-corrected chi connectivity index (χ0v) is 11.1. The summed E-state index contributed by atoms with van der Waals surface area (Å²) in [5.74, 6) is 0.748. The first-order valence-electron chi connectivity index (χ1n) is 6.90. The monoisotopic (exact) mass is 251 g/mol. The summed E-state index contributed by atoms with van der Waals surface area (Å²) in [5, 5.41) is 2.26. The molecule has 1 heterocycles. The van der Waals surface area contributed by atoms with Gasteiger partial charge in [0.1, 0.15) is 0 Å². The van der Waals surface area contributed by atoms with E-state index >= 15 is 0 Å². The van der Waals surface area contributed by atoms with Crippen LogP contribution in [0.4, 0.5) is 0 Å². The molecule has 0 N–H and O–H groups in total. The van der Waals surface area contributed by atoms with Gasteiger partial charge in [-0.1, -0.05) is 36.4 Å². The van der Waals surface area contributed by atoms with Gasteiger partial charge >= 0.3 is 0 Å². The third kappa shape index (κ3) is 1.44. The largest absolute Gasteiger partial charge is 0.305 e. The maximum absolute atomic E-state index is 11.6. The summed E-state index contributed by atoms with van der Waals surface area (Å²) in [4.78, 5) is 14.0. The summed E-state index contributed by atoms with van der Waals surface area (Å²) in [5.41, 5.74) is 2.45. The van der Waals surface area contributed by atoms with Gasteiger partial charge in [0.15, 0.2) is 6.29 Å². The van der Waals surface area contributed by atoms with Crippen LogP contribution in [0.3, 0.4) is 0 Å². The van der Waals surface area contributed by atoms with Crippen LogP contribution in [0.2, 0.25) is 0 Å². The Morgan fingerprint density at radius 3 is 2.84 bits per heavy atom. The first-order chi connectivity index (χ1) is 9.24. The lowest BCUT2D eigenvalue weighted by molar-refractivity contribution is 0.112. The van der Waals surface area contributed by atoms with Gasteiger partial charge in [-0.25, -0.2) is 0 Å². The molecule has 0 spiro atoms. The number of likely N-dealkylation sites (tertiary alicyclic amines) is 1. The minimum absolute atomic E-state index is 0.259. The number of hydrogen-bond donors (Lipinski definition) is 0. The highest BCUT2D eigenvalue weighted by molar-refractivity contribution is 6.00. The third-order valence-corrected chi connectivity index (χ3v) is 4.94. The zero-order chi connectivity index (χ0) is 13.0. The second kappa shape index (κ2) is 3.67. The van der Waals surface area contributed by atoms with E-state index in [1.54, 1.807) is 0 Å². The standard InChI is InChI=1S/C17H17NO/c1-18-9-13-8-17(13,11-18)16-7-6-12-4-2-3-5-14(12)15(16)10-19/h2-7,10,13H,8-9,11H2,1H3. The molecule has 0 aromatic heterocycles. The smallest absolute Gasteiger partial charge is 0.150 e. The lowest BCUT2D eigenvalue weighted by Gasteiger charge is -2.19. The molecule has 19 heavy (non-hydrogen) atoms. The first-order valence-corrected chi connectivity index (χ1v) is 6.90. The van der Waals surface area contributed by atoms with E-state index in [9.17, 15) is 4.79 Å². The van der Waals surface area contributed by atoms with Crippen LogP contribution < -0.4 is 0 Å². The molecule has 2 unspecified atom stereocenters. The quantitative estimate of drug-likeness (QED) is 0.765. The fourth-order valence-corrected chi connectivity index (χ4v) is 4.01. The van der Waals surface area contributed by atoms with Crippen molar-refractivity contribution in [3.8, 4) is 0 Å². The molecule has 0 amide bonds. The van der Waals surface area contributed by atoms with Crippen molar-refractivity contribution in [2.24, 2.45) is 5.92 Å². The Kier molecular flexibility index (Phi) is 2.16. The molecule has 4 rings (SSSR count). The lowest BCUT2D eigenvalue weighted by atomic mass is 9.88. The van der Waals surface area contributed by atoms with Crippen molar-refractivity contribution in [1.29, 1.82) is 0 Å². The molecule has 2 nitrogen and oxygen atoms in total. The van der Waals surface area contributed by atoms with Gasteiger partial charge in [0, 0.05) is 24.1 Å². The van der Waals surface area contributed by atoms with E-state index < -0.39 is 0 Å². The Bertz CT molecular complexity index is 678. The molecule has 1 saturated carbocycles. The van der Waals surface area contributed by atoms with Gasteiger partial charge in [0.25, 0.3) is 0 Å². The van der Waals surface area contributed by atoms with Crippen molar-refractivity contribution in [3.63, 3.8) is 0 Å². The lowest BCUT2D eigenvalue weighted by Crippen LogP contribution is -2.23. The number of aldehydes is 1. The summed E-state index contributed by atoms with van der Waals surface area (Å²) >= 11 is 0. The summed E-state index contributed by atoms with van der Waals surface area (Å²) in [6.07, 6.45) is 2.30. The van der Waals surface area contributed by atoms with E-state index in [4.69, 9.17) is 0 Å². The summed E-state index contributed by atoms with van der Waals surface area (Å²) in [7, 11) is 2.18. The van der Waals surface area contributed by atoms with E-state index in [0.717, 1.165) is 35.1 Å². The average molecular weight is 251 g/mol. The first kappa shape index (κ1) is 11.2. The highest BCUT2D eigenvalue weighted by Crippen LogP contribution is 2.59. The molecule has 2 aromatic carbocycles. The number of piperidine rings is 1. The number of fused-ring (bicyclic) bond motifs is 2. The number of carbonyl (C=O) groups is 1. The fraction of sp³-hybridized carbons (Fsp3) is 0.353. The molecular formula is C17H17NO. The highest BCUT2D eigenvalue weighted by Gasteiger charge is 2.60. The second-order valence-electron chi connectivity index (χ2n) is 6.12.